The summed E-state index contributed by atoms with van der Waals surface area (Å²) in [5, 5.41) is 0.451. The fourth-order valence-electron chi connectivity index (χ4n) is 2.53. The van der Waals surface area contributed by atoms with Gasteiger partial charge in [-0.1, -0.05) is 23.7 Å². The zero-order valence-electron chi connectivity index (χ0n) is 11.8. The fourth-order valence-corrected chi connectivity index (χ4v) is 2.71. The first-order valence-electron chi connectivity index (χ1n) is 7.08. The quantitative estimate of drug-likeness (QED) is 0.386. The molecule has 1 aliphatic rings. The lowest BCUT2D eigenvalue weighted by atomic mass is 9.82. The Morgan fingerprint density at radius 1 is 1.24 bits per heavy atom. The Labute approximate surface area is 129 Å². The molecule has 114 valence electrons. The first-order chi connectivity index (χ1) is 10.1. The van der Waals surface area contributed by atoms with Gasteiger partial charge in [0.1, 0.15) is 5.75 Å². The summed E-state index contributed by atoms with van der Waals surface area (Å²) in [5.41, 5.74) is 10.7. The number of carbonyl (C=O) groups is 1. The molecule has 0 amide bonds. The minimum absolute atomic E-state index is 0.0725. The van der Waals surface area contributed by atoms with E-state index in [-0.39, 0.29) is 17.8 Å². The largest absolute Gasteiger partial charge is 0.425 e. The van der Waals surface area contributed by atoms with Crippen molar-refractivity contribution in [3.8, 4) is 5.75 Å². The maximum Gasteiger partial charge on any atom is 0.314 e. The van der Waals surface area contributed by atoms with E-state index in [1.54, 1.807) is 24.3 Å². The molecule has 0 unspecified atom stereocenters. The molecule has 0 radical (unpaired) electrons. The molecule has 0 spiro atoms. The Kier molecular flexibility index (Phi) is 5.44. The normalized spacial score (nSPS) is 21.6. The van der Waals surface area contributed by atoms with Crippen LogP contribution >= 0.6 is 11.6 Å². The minimum atomic E-state index is -0.205. The monoisotopic (exact) mass is 309 g/mol. The third-order valence-electron chi connectivity index (χ3n) is 3.76. The minimum Gasteiger partial charge on any atom is -0.425 e. The van der Waals surface area contributed by atoms with Gasteiger partial charge in [-0.25, -0.2) is 0 Å². The summed E-state index contributed by atoms with van der Waals surface area (Å²) in [6, 6.07) is 7.00. The molecule has 1 aromatic carbocycles. The van der Waals surface area contributed by atoms with Crippen LogP contribution in [-0.2, 0) is 4.79 Å². The predicted octanol–water partition coefficient (Wildman–Crippen LogP) is 2.33. The molecule has 0 atom stereocenters. The van der Waals surface area contributed by atoms with Crippen molar-refractivity contribution in [2.75, 3.05) is 6.54 Å². The van der Waals surface area contributed by atoms with Crippen molar-refractivity contribution in [1.29, 1.82) is 0 Å². The number of guanidine groups is 1. The van der Waals surface area contributed by atoms with Crippen LogP contribution in [0.25, 0.3) is 0 Å². The summed E-state index contributed by atoms with van der Waals surface area (Å²) >= 11 is 5.99. The van der Waals surface area contributed by atoms with E-state index in [1.807, 2.05) is 0 Å². The predicted molar refractivity (Wildman–Crippen MR) is 83.2 cm³/mol. The van der Waals surface area contributed by atoms with Crippen LogP contribution in [-0.4, -0.2) is 18.5 Å². The zero-order chi connectivity index (χ0) is 15.2. The van der Waals surface area contributed by atoms with Gasteiger partial charge in [0.05, 0.1) is 10.9 Å². The number of esters is 1. The Hall–Kier alpha value is -1.75. The standard InChI is InChI=1S/C15H20ClN3O2/c16-12-3-1-2-4-13(12)21-14(20)11-7-5-10(6-8-11)9-19-15(17)18/h1-4,10-11H,5-9H2,(H4,17,18,19). The van der Waals surface area contributed by atoms with E-state index in [1.165, 1.54) is 0 Å². The van der Waals surface area contributed by atoms with Crippen molar-refractivity contribution in [3.05, 3.63) is 29.3 Å². The molecule has 21 heavy (non-hydrogen) atoms. The van der Waals surface area contributed by atoms with Crippen LogP contribution in [0.4, 0.5) is 0 Å². The molecule has 2 rings (SSSR count). The second-order valence-corrected chi connectivity index (χ2v) is 5.74. The van der Waals surface area contributed by atoms with E-state index >= 15 is 0 Å². The van der Waals surface area contributed by atoms with Crippen LogP contribution in [0.1, 0.15) is 25.7 Å². The second kappa shape index (κ2) is 7.31. The van der Waals surface area contributed by atoms with E-state index in [9.17, 15) is 4.79 Å². The van der Waals surface area contributed by atoms with Crippen LogP contribution < -0.4 is 16.2 Å². The van der Waals surface area contributed by atoms with Gasteiger partial charge in [0.15, 0.2) is 5.96 Å². The van der Waals surface area contributed by atoms with Crippen LogP contribution in [0.2, 0.25) is 5.02 Å². The fraction of sp³-hybridized carbons (Fsp3) is 0.467. The average molecular weight is 310 g/mol. The number of carbonyl (C=O) groups excluding carboxylic acids is 1. The Balaban J connectivity index is 1.83. The summed E-state index contributed by atoms with van der Waals surface area (Å²) < 4.78 is 5.38. The highest BCUT2D eigenvalue weighted by Gasteiger charge is 2.27. The number of hydrogen-bond donors (Lipinski definition) is 2. The molecule has 4 N–H and O–H groups in total. The van der Waals surface area contributed by atoms with Gasteiger partial charge < -0.3 is 16.2 Å². The number of benzene rings is 1. The molecule has 1 aromatic rings. The summed E-state index contributed by atoms with van der Waals surface area (Å²) in [6.07, 6.45) is 3.46. The Bertz CT molecular complexity index is 521. The van der Waals surface area contributed by atoms with Crippen LogP contribution in [0, 0.1) is 11.8 Å². The third kappa shape index (κ3) is 4.63. The summed E-state index contributed by atoms with van der Waals surface area (Å²) in [5.74, 6) is 0.707. The zero-order valence-corrected chi connectivity index (χ0v) is 12.6. The molecule has 1 saturated carbocycles. The highest BCUT2D eigenvalue weighted by atomic mass is 35.5. The van der Waals surface area contributed by atoms with Crippen molar-refractivity contribution in [1.82, 2.24) is 0 Å². The summed E-state index contributed by atoms with van der Waals surface area (Å²) in [4.78, 5) is 16.2. The lowest BCUT2D eigenvalue weighted by Crippen LogP contribution is -2.28. The number of hydrogen-bond acceptors (Lipinski definition) is 3. The highest BCUT2D eigenvalue weighted by Crippen LogP contribution is 2.31. The molecule has 0 bridgehead atoms. The van der Waals surface area contributed by atoms with Crippen molar-refractivity contribution >= 4 is 23.5 Å². The average Bonchev–Trinajstić information content (AvgIpc) is 2.48. The van der Waals surface area contributed by atoms with E-state index in [2.05, 4.69) is 4.99 Å². The molecule has 1 aliphatic carbocycles. The van der Waals surface area contributed by atoms with Crippen molar-refractivity contribution < 1.29 is 9.53 Å². The third-order valence-corrected chi connectivity index (χ3v) is 4.07. The number of rotatable bonds is 4. The van der Waals surface area contributed by atoms with E-state index < -0.39 is 0 Å². The van der Waals surface area contributed by atoms with Gasteiger partial charge in [-0.15, -0.1) is 0 Å². The molecular weight excluding hydrogens is 290 g/mol. The topological polar surface area (TPSA) is 90.7 Å². The lowest BCUT2D eigenvalue weighted by molar-refractivity contribution is -0.140. The number of nitrogens with zero attached hydrogens (tertiary/aromatic N) is 1. The number of nitrogens with two attached hydrogens (primary N) is 2. The smallest absolute Gasteiger partial charge is 0.314 e. The van der Waals surface area contributed by atoms with Crippen LogP contribution in [0.5, 0.6) is 5.75 Å². The molecular formula is C15H20ClN3O2. The molecule has 6 heteroatoms. The SMILES string of the molecule is NC(N)=NCC1CCC(C(=O)Oc2ccccc2Cl)CC1. The number of para-hydroxylation sites is 1. The Morgan fingerprint density at radius 2 is 1.90 bits per heavy atom. The second-order valence-electron chi connectivity index (χ2n) is 5.33. The molecule has 0 aromatic heterocycles. The molecule has 1 fully saturated rings. The van der Waals surface area contributed by atoms with Gasteiger partial charge >= 0.3 is 5.97 Å². The molecule has 0 saturated heterocycles. The van der Waals surface area contributed by atoms with Gasteiger partial charge in [0.25, 0.3) is 0 Å². The molecule has 0 aliphatic heterocycles. The van der Waals surface area contributed by atoms with E-state index in [0.29, 0.717) is 23.2 Å². The van der Waals surface area contributed by atoms with Gasteiger partial charge in [0, 0.05) is 6.54 Å². The van der Waals surface area contributed by atoms with Crippen LogP contribution in [0.3, 0.4) is 0 Å². The van der Waals surface area contributed by atoms with Gasteiger partial charge in [-0.3, -0.25) is 9.79 Å². The molecule has 5 nitrogen and oxygen atoms in total. The number of halogens is 1. The van der Waals surface area contributed by atoms with Crippen molar-refractivity contribution in [2.24, 2.45) is 28.3 Å². The van der Waals surface area contributed by atoms with Gasteiger partial charge in [-0.05, 0) is 43.7 Å². The summed E-state index contributed by atoms with van der Waals surface area (Å²) in [6.45, 7) is 0.634. The Morgan fingerprint density at radius 3 is 2.52 bits per heavy atom. The van der Waals surface area contributed by atoms with Crippen molar-refractivity contribution in [2.45, 2.75) is 25.7 Å². The number of aliphatic imine (C=N–C) groups is 1. The van der Waals surface area contributed by atoms with E-state index in [4.69, 9.17) is 27.8 Å². The number of ether oxygens (including phenoxy) is 1. The lowest BCUT2D eigenvalue weighted by Gasteiger charge is -2.26. The van der Waals surface area contributed by atoms with Gasteiger partial charge in [-0.2, -0.15) is 0 Å². The van der Waals surface area contributed by atoms with Crippen LogP contribution in [0.15, 0.2) is 29.3 Å². The maximum absolute atomic E-state index is 12.1. The summed E-state index contributed by atoms with van der Waals surface area (Å²) in [7, 11) is 0. The maximum atomic E-state index is 12.1. The van der Waals surface area contributed by atoms with Crippen molar-refractivity contribution in [3.63, 3.8) is 0 Å². The van der Waals surface area contributed by atoms with E-state index in [0.717, 1.165) is 25.7 Å². The highest BCUT2D eigenvalue weighted by molar-refractivity contribution is 6.32. The first-order valence-corrected chi connectivity index (χ1v) is 7.45. The molecule has 0 heterocycles. The van der Waals surface area contributed by atoms with Gasteiger partial charge in [0.2, 0.25) is 0 Å². The first kappa shape index (κ1) is 15.6.